The molecule has 0 amide bonds. The summed E-state index contributed by atoms with van der Waals surface area (Å²) in [6.45, 7) is 2.23. The summed E-state index contributed by atoms with van der Waals surface area (Å²) >= 11 is 0. The SMILES string of the molecule is CCOC(CC(=O)O)Cc1ccc([N+](=O)[O-])cc1. The molecule has 1 atom stereocenters. The van der Waals surface area contributed by atoms with Gasteiger partial charge in [0.05, 0.1) is 17.4 Å². The Morgan fingerprint density at radius 2 is 2.06 bits per heavy atom. The first-order valence-electron chi connectivity index (χ1n) is 5.59. The molecule has 6 heteroatoms. The average Bonchev–Trinajstić information content (AvgIpc) is 2.29. The summed E-state index contributed by atoms with van der Waals surface area (Å²) in [5.74, 6) is -0.921. The van der Waals surface area contributed by atoms with Gasteiger partial charge in [0.2, 0.25) is 0 Å². The normalized spacial score (nSPS) is 12.1. The van der Waals surface area contributed by atoms with Gasteiger partial charge in [-0.2, -0.15) is 0 Å². The molecule has 1 aromatic carbocycles. The lowest BCUT2D eigenvalue weighted by Gasteiger charge is -2.14. The second-order valence-electron chi connectivity index (χ2n) is 3.80. The monoisotopic (exact) mass is 253 g/mol. The molecular formula is C12H15NO5. The molecule has 98 valence electrons. The quantitative estimate of drug-likeness (QED) is 0.593. The van der Waals surface area contributed by atoms with Crippen LogP contribution >= 0.6 is 0 Å². The lowest BCUT2D eigenvalue weighted by molar-refractivity contribution is -0.384. The second kappa shape index (κ2) is 6.70. The first-order valence-corrected chi connectivity index (χ1v) is 5.59. The van der Waals surface area contributed by atoms with Crippen LogP contribution in [0.4, 0.5) is 5.69 Å². The molecule has 1 unspecified atom stereocenters. The molecule has 0 aromatic heterocycles. The average molecular weight is 253 g/mol. The van der Waals surface area contributed by atoms with Gasteiger partial charge in [0, 0.05) is 18.7 Å². The van der Waals surface area contributed by atoms with Crippen LogP contribution in [0.5, 0.6) is 0 Å². The third-order valence-corrected chi connectivity index (χ3v) is 2.42. The molecule has 1 aromatic rings. The van der Waals surface area contributed by atoms with Gasteiger partial charge in [-0.25, -0.2) is 0 Å². The Bertz CT molecular complexity index is 415. The first kappa shape index (κ1) is 14.1. The first-order chi connectivity index (χ1) is 8.52. The van der Waals surface area contributed by atoms with E-state index in [1.807, 2.05) is 0 Å². The summed E-state index contributed by atoms with van der Waals surface area (Å²) in [6, 6.07) is 6.04. The van der Waals surface area contributed by atoms with Gasteiger partial charge in [-0.15, -0.1) is 0 Å². The number of carbonyl (C=O) groups is 1. The predicted octanol–water partition coefficient (Wildman–Crippen LogP) is 2.02. The number of hydrogen-bond donors (Lipinski definition) is 1. The van der Waals surface area contributed by atoms with E-state index in [4.69, 9.17) is 9.84 Å². The molecule has 0 heterocycles. The van der Waals surface area contributed by atoms with Crippen LogP contribution in [0.15, 0.2) is 24.3 Å². The highest BCUT2D eigenvalue weighted by molar-refractivity contribution is 5.67. The summed E-state index contributed by atoms with van der Waals surface area (Å²) in [6.07, 6.45) is -0.0582. The predicted molar refractivity (Wildman–Crippen MR) is 64.5 cm³/mol. The molecule has 6 nitrogen and oxygen atoms in total. The zero-order chi connectivity index (χ0) is 13.5. The van der Waals surface area contributed by atoms with Crippen molar-refractivity contribution in [2.24, 2.45) is 0 Å². The van der Waals surface area contributed by atoms with E-state index in [1.54, 1.807) is 19.1 Å². The fourth-order valence-electron chi connectivity index (χ4n) is 1.64. The molecule has 0 radical (unpaired) electrons. The largest absolute Gasteiger partial charge is 0.481 e. The highest BCUT2D eigenvalue weighted by atomic mass is 16.6. The Kier molecular flexibility index (Phi) is 5.26. The maximum Gasteiger partial charge on any atom is 0.305 e. The Morgan fingerprint density at radius 3 is 2.50 bits per heavy atom. The standard InChI is InChI=1S/C12H15NO5/c1-2-18-11(8-12(14)15)7-9-3-5-10(6-4-9)13(16)17/h3-6,11H,2,7-8H2,1H3,(H,14,15). The number of non-ortho nitro benzene ring substituents is 1. The van der Waals surface area contributed by atoms with Crippen molar-refractivity contribution in [2.75, 3.05) is 6.61 Å². The number of ether oxygens (including phenoxy) is 1. The highest BCUT2D eigenvalue weighted by Gasteiger charge is 2.14. The van der Waals surface area contributed by atoms with Crippen molar-refractivity contribution in [3.63, 3.8) is 0 Å². The van der Waals surface area contributed by atoms with Crippen molar-refractivity contribution in [3.8, 4) is 0 Å². The summed E-state index contributed by atoms with van der Waals surface area (Å²) in [7, 11) is 0. The molecule has 0 bridgehead atoms. The van der Waals surface area contributed by atoms with Crippen LogP contribution in [0.1, 0.15) is 18.9 Å². The number of benzene rings is 1. The van der Waals surface area contributed by atoms with E-state index in [-0.39, 0.29) is 12.1 Å². The summed E-state index contributed by atoms with van der Waals surface area (Å²) in [5, 5.41) is 19.2. The third-order valence-electron chi connectivity index (χ3n) is 2.42. The minimum atomic E-state index is -0.921. The zero-order valence-corrected chi connectivity index (χ0v) is 10.0. The number of hydrogen-bond acceptors (Lipinski definition) is 4. The smallest absolute Gasteiger partial charge is 0.305 e. The van der Waals surface area contributed by atoms with E-state index < -0.39 is 17.0 Å². The van der Waals surface area contributed by atoms with Gasteiger partial charge in [-0.3, -0.25) is 14.9 Å². The third kappa shape index (κ3) is 4.50. The molecule has 0 aliphatic carbocycles. The molecule has 0 fully saturated rings. The molecule has 0 aliphatic rings. The van der Waals surface area contributed by atoms with Crippen LogP contribution < -0.4 is 0 Å². The van der Waals surface area contributed by atoms with Crippen molar-refractivity contribution < 1.29 is 19.6 Å². The number of carboxylic acid groups (broad SMARTS) is 1. The summed E-state index contributed by atoms with van der Waals surface area (Å²) in [5.41, 5.74) is 0.838. The minimum Gasteiger partial charge on any atom is -0.481 e. The van der Waals surface area contributed by atoms with E-state index in [9.17, 15) is 14.9 Å². The number of nitrogens with zero attached hydrogens (tertiary/aromatic N) is 1. The number of carboxylic acids is 1. The van der Waals surface area contributed by atoms with Crippen molar-refractivity contribution in [1.82, 2.24) is 0 Å². The van der Waals surface area contributed by atoms with Crippen LogP contribution in [0.25, 0.3) is 0 Å². The maximum absolute atomic E-state index is 10.6. The molecule has 0 saturated carbocycles. The maximum atomic E-state index is 10.6. The van der Waals surface area contributed by atoms with Gasteiger partial charge in [0.1, 0.15) is 0 Å². The molecule has 1 rings (SSSR count). The van der Waals surface area contributed by atoms with Crippen molar-refractivity contribution in [3.05, 3.63) is 39.9 Å². The van der Waals surface area contributed by atoms with Crippen LogP contribution in [0.3, 0.4) is 0 Å². The van der Waals surface area contributed by atoms with Crippen LogP contribution in [-0.2, 0) is 16.0 Å². The van der Waals surface area contributed by atoms with Crippen LogP contribution in [0.2, 0.25) is 0 Å². The van der Waals surface area contributed by atoms with Crippen molar-refractivity contribution in [2.45, 2.75) is 25.9 Å². The Labute approximate surface area is 104 Å². The molecule has 0 aliphatic heterocycles. The van der Waals surface area contributed by atoms with Crippen LogP contribution in [-0.4, -0.2) is 28.7 Å². The zero-order valence-electron chi connectivity index (χ0n) is 10.0. The molecule has 1 N–H and O–H groups in total. The Morgan fingerprint density at radius 1 is 1.44 bits per heavy atom. The van der Waals surface area contributed by atoms with E-state index in [2.05, 4.69) is 0 Å². The van der Waals surface area contributed by atoms with E-state index in [0.29, 0.717) is 13.0 Å². The summed E-state index contributed by atoms with van der Waals surface area (Å²) in [4.78, 5) is 20.7. The molecule has 0 spiro atoms. The van der Waals surface area contributed by atoms with Gasteiger partial charge in [-0.05, 0) is 18.9 Å². The Balaban J connectivity index is 2.68. The second-order valence-corrected chi connectivity index (χ2v) is 3.80. The van der Waals surface area contributed by atoms with Gasteiger partial charge >= 0.3 is 5.97 Å². The van der Waals surface area contributed by atoms with Crippen molar-refractivity contribution >= 4 is 11.7 Å². The number of rotatable bonds is 7. The van der Waals surface area contributed by atoms with Crippen molar-refractivity contribution in [1.29, 1.82) is 0 Å². The van der Waals surface area contributed by atoms with Crippen LogP contribution in [0, 0.1) is 10.1 Å². The van der Waals surface area contributed by atoms with E-state index in [1.165, 1.54) is 12.1 Å². The topological polar surface area (TPSA) is 89.7 Å². The Hall–Kier alpha value is -1.95. The lowest BCUT2D eigenvalue weighted by Crippen LogP contribution is -2.20. The fourth-order valence-corrected chi connectivity index (χ4v) is 1.64. The van der Waals surface area contributed by atoms with Gasteiger partial charge in [-0.1, -0.05) is 12.1 Å². The molecule has 18 heavy (non-hydrogen) atoms. The fraction of sp³-hybridized carbons (Fsp3) is 0.417. The number of nitro groups is 1. The van der Waals surface area contributed by atoms with Gasteiger partial charge < -0.3 is 9.84 Å². The van der Waals surface area contributed by atoms with Gasteiger partial charge in [0.15, 0.2) is 0 Å². The highest BCUT2D eigenvalue weighted by Crippen LogP contribution is 2.15. The summed E-state index contributed by atoms with van der Waals surface area (Å²) < 4.78 is 5.32. The molecular weight excluding hydrogens is 238 g/mol. The minimum absolute atomic E-state index is 0.0185. The number of nitro benzene ring substituents is 1. The molecule has 0 saturated heterocycles. The number of aliphatic carboxylic acids is 1. The van der Waals surface area contributed by atoms with E-state index >= 15 is 0 Å². The van der Waals surface area contributed by atoms with Gasteiger partial charge in [0.25, 0.3) is 5.69 Å². The lowest BCUT2D eigenvalue weighted by atomic mass is 10.1. The van der Waals surface area contributed by atoms with E-state index in [0.717, 1.165) is 5.56 Å².